The van der Waals surface area contributed by atoms with Gasteiger partial charge in [0, 0.05) is 22.4 Å². The molecular weight excluding hydrogens is 524 g/mol. The van der Waals surface area contributed by atoms with Gasteiger partial charge in [-0.25, -0.2) is 23.4 Å². The third-order valence-electron chi connectivity index (χ3n) is 7.78. The van der Waals surface area contributed by atoms with Gasteiger partial charge in [-0.05, 0) is 74.9 Å². The van der Waals surface area contributed by atoms with Crippen LogP contribution in [0.3, 0.4) is 0 Å². The van der Waals surface area contributed by atoms with Gasteiger partial charge >= 0.3 is 0 Å². The second kappa shape index (κ2) is 9.97. The summed E-state index contributed by atoms with van der Waals surface area (Å²) in [6.45, 7) is 6.78. The number of pyridine rings is 2. The maximum atomic E-state index is 12.4. The fraction of sp³-hybridized carbons (Fsp3) is 0.500. The number of fused-ring (bicyclic) bond motifs is 1. The summed E-state index contributed by atoms with van der Waals surface area (Å²) < 4.78 is 36.6. The topological polar surface area (TPSA) is 133 Å². The van der Waals surface area contributed by atoms with Crippen molar-refractivity contribution in [2.45, 2.75) is 55.2 Å². The summed E-state index contributed by atoms with van der Waals surface area (Å²) in [7, 11) is -3.31. The zero-order chi connectivity index (χ0) is 26.3. The van der Waals surface area contributed by atoms with Crippen LogP contribution in [0.4, 0.5) is 0 Å². The highest BCUT2D eigenvalue weighted by Crippen LogP contribution is 2.44. The molecule has 200 valence electrons. The first-order chi connectivity index (χ1) is 18.4. The molecule has 1 saturated heterocycles. The molecule has 4 aromatic heterocycles. The number of thiazole rings is 1. The highest BCUT2D eigenvalue weighted by atomic mass is 32.2. The van der Waals surface area contributed by atoms with Crippen molar-refractivity contribution in [2.75, 3.05) is 19.7 Å². The van der Waals surface area contributed by atoms with Gasteiger partial charge in [0.1, 0.15) is 10.3 Å². The molecule has 5 heterocycles. The van der Waals surface area contributed by atoms with Crippen LogP contribution in [0, 0.1) is 11.8 Å². The van der Waals surface area contributed by atoms with Crippen LogP contribution < -0.4 is 10.1 Å². The predicted molar refractivity (Wildman–Crippen MR) is 143 cm³/mol. The van der Waals surface area contributed by atoms with Gasteiger partial charge in [0.2, 0.25) is 0 Å². The Balaban J connectivity index is 1.18. The van der Waals surface area contributed by atoms with Crippen molar-refractivity contribution in [3.8, 4) is 16.5 Å². The zero-order valence-electron chi connectivity index (χ0n) is 21.3. The fourth-order valence-electron chi connectivity index (χ4n) is 5.54. The lowest BCUT2D eigenvalue weighted by molar-refractivity contribution is 0.0902. The Morgan fingerprint density at radius 1 is 1.18 bits per heavy atom. The lowest BCUT2D eigenvalue weighted by atomic mass is 9.63. The molecule has 0 spiro atoms. The van der Waals surface area contributed by atoms with Crippen LogP contribution in [0.5, 0.6) is 5.19 Å². The predicted octanol–water partition coefficient (Wildman–Crippen LogP) is 4.04. The smallest absolute Gasteiger partial charge is 0.275 e. The summed E-state index contributed by atoms with van der Waals surface area (Å²) in [6.07, 6.45) is 6.44. The molecule has 1 saturated carbocycles. The third-order valence-corrected chi connectivity index (χ3v) is 10.8. The molecule has 1 N–H and O–H groups in total. The van der Waals surface area contributed by atoms with E-state index in [9.17, 15) is 8.42 Å². The number of nitrogens with zero attached hydrogens (tertiary/aromatic N) is 5. The molecule has 0 radical (unpaired) electrons. The molecule has 1 aliphatic carbocycles. The molecule has 2 atom stereocenters. The lowest BCUT2D eigenvalue weighted by Gasteiger charge is -2.44. The van der Waals surface area contributed by atoms with Crippen LogP contribution in [0.15, 0.2) is 46.2 Å². The molecule has 0 bridgehead atoms. The lowest BCUT2D eigenvalue weighted by Crippen LogP contribution is -2.50. The van der Waals surface area contributed by atoms with Crippen LogP contribution in [0.1, 0.15) is 45.3 Å². The number of ether oxygens (including phenoxy) is 1. The number of rotatable bonds is 9. The first-order valence-corrected chi connectivity index (χ1v) is 15.3. The molecule has 38 heavy (non-hydrogen) atoms. The van der Waals surface area contributed by atoms with Crippen LogP contribution in [-0.2, 0) is 15.3 Å². The van der Waals surface area contributed by atoms with E-state index in [1.165, 1.54) is 11.3 Å². The van der Waals surface area contributed by atoms with Crippen molar-refractivity contribution in [1.29, 1.82) is 0 Å². The first-order valence-electron chi connectivity index (χ1n) is 13.0. The van der Waals surface area contributed by atoms with Crippen molar-refractivity contribution in [3.05, 3.63) is 42.4 Å². The third kappa shape index (κ3) is 4.69. The summed E-state index contributed by atoms with van der Waals surface area (Å²) in [6, 6.07) is 7.10. The van der Waals surface area contributed by atoms with Gasteiger partial charge in [0.05, 0.1) is 23.7 Å². The normalized spacial score (nSPS) is 22.2. The van der Waals surface area contributed by atoms with E-state index in [1.807, 2.05) is 12.1 Å². The van der Waals surface area contributed by atoms with Crippen molar-refractivity contribution in [3.63, 3.8) is 0 Å². The van der Waals surface area contributed by atoms with Crippen molar-refractivity contribution in [2.24, 2.45) is 11.8 Å². The van der Waals surface area contributed by atoms with Gasteiger partial charge in [-0.15, -0.1) is 5.10 Å². The molecule has 2 aliphatic rings. The molecule has 0 amide bonds. The fourth-order valence-corrected chi connectivity index (χ4v) is 7.91. The average molecular weight is 555 g/mol. The van der Waals surface area contributed by atoms with Gasteiger partial charge in [-0.1, -0.05) is 25.2 Å². The number of sulfone groups is 1. The molecular formula is C26H30N6O4S2. The second-order valence-electron chi connectivity index (χ2n) is 10.5. The summed E-state index contributed by atoms with van der Waals surface area (Å²) >= 11 is 1.39. The number of hydrogen-bond donors (Lipinski definition) is 1. The van der Waals surface area contributed by atoms with E-state index in [1.54, 1.807) is 24.5 Å². The van der Waals surface area contributed by atoms with Crippen LogP contribution in [-0.4, -0.2) is 58.7 Å². The van der Waals surface area contributed by atoms with Crippen molar-refractivity contribution in [1.82, 2.24) is 30.6 Å². The molecule has 1 unspecified atom stereocenters. The van der Waals surface area contributed by atoms with E-state index < -0.39 is 9.84 Å². The van der Waals surface area contributed by atoms with E-state index in [0.29, 0.717) is 42.2 Å². The van der Waals surface area contributed by atoms with Crippen molar-refractivity contribution >= 4 is 31.5 Å². The Labute approximate surface area is 225 Å². The number of nitrogens with one attached hydrogen (secondary N) is 1. The van der Waals surface area contributed by atoms with E-state index in [-0.39, 0.29) is 15.7 Å². The number of piperidine rings is 1. The number of aromatic nitrogens is 5. The summed E-state index contributed by atoms with van der Waals surface area (Å²) in [5.74, 6) is 1.64. The average Bonchev–Trinajstić information content (AvgIpc) is 3.49. The Morgan fingerprint density at radius 2 is 2.05 bits per heavy atom. The second-order valence-corrected chi connectivity index (χ2v) is 13.6. The van der Waals surface area contributed by atoms with Crippen molar-refractivity contribution < 1.29 is 17.7 Å². The SMILES string of the molecule is CC(C)C1CNCC[C@@]1(CCOc1nc2ccc(-c3ccc(S(=O)(=O)C4CC4)nc3)nc2s1)c1cnno1. The minimum Gasteiger partial charge on any atom is -0.470 e. The van der Waals surface area contributed by atoms with Crippen LogP contribution >= 0.6 is 11.3 Å². The van der Waals surface area contributed by atoms with Gasteiger partial charge in [0.25, 0.3) is 5.19 Å². The van der Waals surface area contributed by atoms with Gasteiger partial charge < -0.3 is 14.6 Å². The molecule has 10 nitrogen and oxygen atoms in total. The molecule has 0 aromatic carbocycles. The monoisotopic (exact) mass is 554 g/mol. The summed E-state index contributed by atoms with van der Waals surface area (Å²) in [4.78, 5) is 14.3. The van der Waals surface area contributed by atoms with E-state index in [2.05, 4.69) is 39.5 Å². The molecule has 4 aromatic rings. The quantitative estimate of drug-likeness (QED) is 0.323. The van der Waals surface area contributed by atoms with E-state index in [4.69, 9.17) is 14.2 Å². The van der Waals surface area contributed by atoms with Gasteiger partial charge in [-0.2, -0.15) is 0 Å². The maximum Gasteiger partial charge on any atom is 0.275 e. The van der Waals surface area contributed by atoms with E-state index in [0.717, 1.165) is 47.6 Å². The van der Waals surface area contributed by atoms with Crippen LogP contribution in [0.2, 0.25) is 0 Å². The first kappa shape index (κ1) is 25.3. The molecule has 1 aliphatic heterocycles. The van der Waals surface area contributed by atoms with Crippen LogP contribution in [0.25, 0.3) is 21.6 Å². The molecule has 2 fully saturated rings. The Hall–Kier alpha value is -2.96. The van der Waals surface area contributed by atoms with E-state index >= 15 is 0 Å². The Kier molecular flexibility index (Phi) is 6.65. The molecule has 12 heteroatoms. The minimum atomic E-state index is -3.31. The standard InChI is InChI=1S/C26H30N6O4S2/c1-16(2)19-14-27-11-9-26(19,22-15-29-32-36-22)10-12-35-25-31-21-7-6-20(30-24(21)37-25)17-3-8-23(28-13-17)38(33,34)18-4-5-18/h3,6-8,13,15-16,18-19,27H,4-5,9-12,14H2,1-2H3/t19?,26-/m0/s1. The Morgan fingerprint density at radius 3 is 2.76 bits per heavy atom. The highest BCUT2D eigenvalue weighted by Gasteiger charge is 2.46. The van der Waals surface area contributed by atoms with Gasteiger partial charge in [0.15, 0.2) is 20.6 Å². The maximum absolute atomic E-state index is 12.4. The highest BCUT2D eigenvalue weighted by molar-refractivity contribution is 7.92. The zero-order valence-corrected chi connectivity index (χ0v) is 23.0. The minimum absolute atomic E-state index is 0.130. The summed E-state index contributed by atoms with van der Waals surface area (Å²) in [5.41, 5.74) is 2.02. The largest absolute Gasteiger partial charge is 0.470 e. The number of hydrogen-bond acceptors (Lipinski definition) is 11. The summed E-state index contributed by atoms with van der Waals surface area (Å²) in [5, 5.41) is 11.6. The molecule has 6 rings (SSSR count). The van der Waals surface area contributed by atoms with Gasteiger partial charge in [-0.3, -0.25) is 0 Å². The Bertz CT molecular complexity index is 1520.